The lowest BCUT2D eigenvalue weighted by molar-refractivity contribution is 0.210. The fourth-order valence-corrected chi connectivity index (χ4v) is 2.43. The molecule has 2 atom stereocenters. The lowest BCUT2D eigenvalue weighted by Crippen LogP contribution is -2.54. The highest BCUT2D eigenvalue weighted by Gasteiger charge is 2.25. The van der Waals surface area contributed by atoms with E-state index >= 15 is 0 Å². The van der Waals surface area contributed by atoms with E-state index in [-0.39, 0.29) is 11.9 Å². The van der Waals surface area contributed by atoms with E-state index in [1.54, 1.807) is 0 Å². The van der Waals surface area contributed by atoms with Gasteiger partial charge in [0.2, 0.25) is 0 Å². The van der Waals surface area contributed by atoms with Crippen molar-refractivity contribution in [3.05, 3.63) is 35.6 Å². The third-order valence-electron chi connectivity index (χ3n) is 3.35. The summed E-state index contributed by atoms with van der Waals surface area (Å²) in [5, 5.41) is 6.83. The highest BCUT2D eigenvalue weighted by atomic mass is 19.1. The Balaban J connectivity index is 2.12. The number of hydrogen-bond donors (Lipinski definition) is 2. The summed E-state index contributed by atoms with van der Waals surface area (Å²) in [7, 11) is 4.08. The third-order valence-corrected chi connectivity index (χ3v) is 3.35. The Morgan fingerprint density at radius 3 is 2.71 bits per heavy atom. The quantitative estimate of drug-likeness (QED) is 0.821. The summed E-state index contributed by atoms with van der Waals surface area (Å²) in [6.45, 7) is 3.08. The van der Waals surface area contributed by atoms with Crippen LogP contribution in [0.5, 0.6) is 0 Å². The van der Waals surface area contributed by atoms with E-state index in [2.05, 4.69) is 22.6 Å². The molecule has 1 aromatic carbocycles. The zero-order valence-corrected chi connectivity index (χ0v) is 10.4. The van der Waals surface area contributed by atoms with Gasteiger partial charge in [-0.25, -0.2) is 4.39 Å². The van der Waals surface area contributed by atoms with E-state index in [1.807, 2.05) is 19.2 Å². The number of halogens is 1. The molecule has 0 aromatic heterocycles. The first-order chi connectivity index (χ1) is 8.20. The molecule has 0 radical (unpaired) electrons. The number of nitrogens with one attached hydrogen (secondary N) is 2. The van der Waals surface area contributed by atoms with Gasteiger partial charge in [-0.3, -0.25) is 0 Å². The lowest BCUT2D eigenvalue weighted by Gasteiger charge is -2.36. The molecule has 1 fully saturated rings. The topological polar surface area (TPSA) is 27.3 Å². The van der Waals surface area contributed by atoms with Crippen LogP contribution in [0.4, 0.5) is 4.39 Å². The van der Waals surface area contributed by atoms with Gasteiger partial charge in [0.15, 0.2) is 0 Å². The molecular weight excluding hydrogens is 217 g/mol. The Bertz CT molecular complexity index is 352. The van der Waals surface area contributed by atoms with Gasteiger partial charge in [-0.1, -0.05) is 12.1 Å². The van der Waals surface area contributed by atoms with E-state index in [0.717, 1.165) is 25.2 Å². The number of rotatable bonds is 3. The Labute approximate surface area is 102 Å². The highest BCUT2D eigenvalue weighted by Crippen LogP contribution is 2.19. The minimum Gasteiger partial charge on any atom is -0.312 e. The van der Waals surface area contributed by atoms with Crippen molar-refractivity contribution in [2.24, 2.45) is 0 Å². The first kappa shape index (κ1) is 12.5. The Kier molecular flexibility index (Phi) is 4.10. The zero-order valence-electron chi connectivity index (χ0n) is 10.4. The largest absolute Gasteiger partial charge is 0.312 e. The van der Waals surface area contributed by atoms with Crippen LogP contribution in [0.15, 0.2) is 24.3 Å². The van der Waals surface area contributed by atoms with E-state index in [9.17, 15) is 4.39 Å². The number of hydrogen-bond acceptors (Lipinski definition) is 3. The molecule has 2 N–H and O–H groups in total. The molecule has 0 saturated carbocycles. The molecule has 94 valence electrons. The van der Waals surface area contributed by atoms with Crippen molar-refractivity contribution in [3.8, 4) is 0 Å². The van der Waals surface area contributed by atoms with Crippen molar-refractivity contribution in [1.82, 2.24) is 15.5 Å². The molecule has 0 spiro atoms. The fourth-order valence-electron chi connectivity index (χ4n) is 2.43. The summed E-state index contributed by atoms with van der Waals surface area (Å²) in [5.74, 6) is -0.183. The maximum Gasteiger partial charge on any atom is 0.123 e. The average molecular weight is 237 g/mol. The minimum absolute atomic E-state index is 0.183. The standard InChI is InChI=1S/C13H20FN3/c1-15-13(10-3-5-11(14)6-4-10)12-9-17(2)8-7-16-12/h3-6,12-13,15-16H,7-9H2,1-2H3. The van der Waals surface area contributed by atoms with Crippen molar-refractivity contribution < 1.29 is 4.39 Å². The van der Waals surface area contributed by atoms with Crippen LogP contribution in [0.1, 0.15) is 11.6 Å². The predicted molar refractivity (Wildman–Crippen MR) is 67.5 cm³/mol. The van der Waals surface area contributed by atoms with Crippen LogP contribution in [0.25, 0.3) is 0 Å². The predicted octanol–water partition coefficient (Wildman–Crippen LogP) is 0.990. The van der Waals surface area contributed by atoms with Crippen LogP contribution in [0.3, 0.4) is 0 Å². The number of nitrogens with zero attached hydrogens (tertiary/aromatic N) is 1. The van der Waals surface area contributed by atoms with Crippen molar-refractivity contribution in [3.63, 3.8) is 0 Å². The molecule has 0 amide bonds. The Hall–Kier alpha value is -0.970. The minimum atomic E-state index is -0.183. The summed E-state index contributed by atoms with van der Waals surface area (Å²) in [6, 6.07) is 7.33. The molecule has 1 aliphatic rings. The normalized spacial score (nSPS) is 23.6. The highest BCUT2D eigenvalue weighted by molar-refractivity contribution is 5.22. The van der Waals surface area contributed by atoms with Crippen molar-refractivity contribution in [1.29, 1.82) is 0 Å². The molecule has 1 saturated heterocycles. The van der Waals surface area contributed by atoms with Gasteiger partial charge in [0.1, 0.15) is 5.82 Å². The van der Waals surface area contributed by atoms with Crippen LogP contribution in [-0.2, 0) is 0 Å². The van der Waals surface area contributed by atoms with Gasteiger partial charge in [0, 0.05) is 31.7 Å². The molecule has 3 nitrogen and oxygen atoms in total. The third kappa shape index (κ3) is 3.03. The van der Waals surface area contributed by atoms with E-state index in [1.165, 1.54) is 12.1 Å². The summed E-state index contributed by atoms with van der Waals surface area (Å²) >= 11 is 0. The lowest BCUT2D eigenvalue weighted by atomic mass is 9.97. The number of piperazine rings is 1. The van der Waals surface area contributed by atoms with Gasteiger partial charge in [-0.2, -0.15) is 0 Å². The van der Waals surface area contributed by atoms with Crippen LogP contribution in [0, 0.1) is 5.82 Å². The SMILES string of the molecule is CNC(c1ccc(F)cc1)C1CN(C)CCN1. The molecule has 2 unspecified atom stereocenters. The molecule has 2 rings (SSSR count). The van der Waals surface area contributed by atoms with Gasteiger partial charge >= 0.3 is 0 Å². The molecule has 17 heavy (non-hydrogen) atoms. The second-order valence-electron chi connectivity index (χ2n) is 4.64. The molecular formula is C13H20FN3. The van der Waals surface area contributed by atoms with E-state index in [0.29, 0.717) is 6.04 Å². The maximum atomic E-state index is 12.9. The van der Waals surface area contributed by atoms with Crippen molar-refractivity contribution in [2.45, 2.75) is 12.1 Å². The fraction of sp³-hybridized carbons (Fsp3) is 0.538. The van der Waals surface area contributed by atoms with E-state index in [4.69, 9.17) is 0 Å². The van der Waals surface area contributed by atoms with Gasteiger partial charge in [-0.05, 0) is 31.8 Å². The number of likely N-dealkylation sites (N-methyl/N-ethyl adjacent to an activating group) is 2. The van der Waals surface area contributed by atoms with Gasteiger partial charge in [0.25, 0.3) is 0 Å². The average Bonchev–Trinajstić information content (AvgIpc) is 2.33. The molecule has 1 aliphatic heterocycles. The maximum absolute atomic E-state index is 12.9. The van der Waals surface area contributed by atoms with Crippen LogP contribution < -0.4 is 10.6 Å². The van der Waals surface area contributed by atoms with E-state index < -0.39 is 0 Å². The monoisotopic (exact) mass is 237 g/mol. The molecule has 0 bridgehead atoms. The van der Waals surface area contributed by atoms with Gasteiger partial charge in [0.05, 0.1) is 0 Å². The summed E-state index contributed by atoms with van der Waals surface area (Å²) in [6.07, 6.45) is 0. The Morgan fingerprint density at radius 2 is 2.12 bits per heavy atom. The van der Waals surface area contributed by atoms with Crippen LogP contribution in [-0.4, -0.2) is 44.7 Å². The van der Waals surface area contributed by atoms with Crippen molar-refractivity contribution in [2.75, 3.05) is 33.7 Å². The molecule has 1 aromatic rings. The van der Waals surface area contributed by atoms with Gasteiger partial charge in [-0.15, -0.1) is 0 Å². The summed E-state index contributed by atoms with van der Waals surface area (Å²) in [5.41, 5.74) is 1.13. The summed E-state index contributed by atoms with van der Waals surface area (Å²) < 4.78 is 12.9. The smallest absolute Gasteiger partial charge is 0.123 e. The first-order valence-electron chi connectivity index (χ1n) is 6.05. The zero-order chi connectivity index (χ0) is 12.3. The second kappa shape index (κ2) is 5.58. The molecule has 0 aliphatic carbocycles. The van der Waals surface area contributed by atoms with Crippen LogP contribution >= 0.6 is 0 Å². The molecule has 1 heterocycles. The van der Waals surface area contributed by atoms with Crippen molar-refractivity contribution >= 4 is 0 Å². The van der Waals surface area contributed by atoms with Crippen LogP contribution in [0.2, 0.25) is 0 Å². The Morgan fingerprint density at radius 1 is 1.41 bits per heavy atom. The number of benzene rings is 1. The summed E-state index contributed by atoms with van der Waals surface area (Å²) in [4.78, 5) is 2.31. The second-order valence-corrected chi connectivity index (χ2v) is 4.64. The van der Waals surface area contributed by atoms with Gasteiger partial charge < -0.3 is 15.5 Å². The first-order valence-corrected chi connectivity index (χ1v) is 6.05. The molecule has 4 heteroatoms.